The first-order valence-corrected chi connectivity index (χ1v) is 5.35. The van der Waals surface area contributed by atoms with E-state index in [1.165, 1.54) is 25.5 Å². The molecule has 1 aromatic carbocycles. The number of amides is 1. The highest BCUT2D eigenvalue weighted by Gasteiger charge is 2.13. The monoisotopic (exact) mass is 249 g/mol. The van der Waals surface area contributed by atoms with Gasteiger partial charge < -0.3 is 14.5 Å². The summed E-state index contributed by atoms with van der Waals surface area (Å²) in [6, 6.07) is 7.25. The van der Waals surface area contributed by atoms with Crippen molar-refractivity contribution in [3.05, 3.63) is 53.7 Å². The molecule has 1 aromatic heterocycles. The van der Waals surface area contributed by atoms with E-state index in [4.69, 9.17) is 9.15 Å². The van der Waals surface area contributed by atoms with Crippen LogP contribution in [0.1, 0.15) is 16.1 Å². The molecule has 2 aromatic rings. The smallest absolute Gasteiger partial charge is 0.255 e. The van der Waals surface area contributed by atoms with E-state index in [1.807, 2.05) is 0 Å². The lowest BCUT2D eigenvalue weighted by molar-refractivity contribution is 0.0944. The van der Waals surface area contributed by atoms with Crippen molar-refractivity contribution in [3.8, 4) is 5.75 Å². The lowest BCUT2D eigenvalue weighted by Gasteiger charge is -2.08. The van der Waals surface area contributed by atoms with Crippen LogP contribution >= 0.6 is 0 Å². The number of carbonyl (C=O) groups excluding carboxylic acids is 1. The summed E-state index contributed by atoms with van der Waals surface area (Å²) >= 11 is 0. The van der Waals surface area contributed by atoms with Gasteiger partial charge >= 0.3 is 0 Å². The summed E-state index contributed by atoms with van der Waals surface area (Å²) < 4.78 is 23.2. The molecular formula is C13H12FNO3. The summed E-state index contributed by atoms with van der Waals surface area (Å²) in [6.45, 7) is 0.242. The number of rotatable bonds is 4. The molecule has 0 aliphatic carbocycles. The third-order valence-electron chi connectivity index (χ3n) is 2.41. The number of carbonyl (C=O) groups is 1. The second-order valence-electron chi connectivity index (χ2n) is 3.61. The Morgan fingerprint density at radius 3 is 2.94 bits per heavy atom. The van der Waals surface area contributed by atoms with Gasteiger partial charge in [-0.15, -0.1) is 0 Å². The molecule has 0 bridgehead atoms. The van der Waals surface area contributed by atoms with Crippen molar-refractivity contribution in [2.24, 2.45) is 0 Å². The average molecular weight is 249 g/mol. The second-order valence-corrected chi connectivity index (χ2v) is 3.61. The first kappa shape index (κ1) is 12.2. The fourth-order valence-electron chi connectivity index (χ4n) is 1.53. The van der Waals surface area contributed by atoms with Crippen molar-refractivity contribution in [2.45, 2.75) is 6.54 Å². The highest BCUT2D eigenvalue weighted by Crippen LogP contribution is 2.19. The van der Waals surface area contributed by atoms with E-state index in [-0.39, 0.29) is 12.1 Å². The van der Waals surface area contributed by atoms with Crippen LogP contribution in [-0.4, -0.2) is 13.0 Å². The Kier molecular flexibility index (Phi) is 3.62. The predicted octanol–water partition coefficient (Wildman–Crippen LogP) is 2.36. The topological polar surface area (TPSA) is 51.5 Å². The summed E-state index contributed by atoms with van der Waals surface area (Å²) in [6.07, 6.45) is 1.52. The Morgan fingerprint density at radius 1 is 1.44 bits per heavy atom. The van der Waals surface area contributed by atoms with E-state index in [0.29, 0.717) is 11.5 Å². The van der Waals surface area contributed by atoms with E-state index in [9.17, 15) is 9.18 Å². The highest BCUT2D eigenvalue weighted by molar-refractivity contribution is 5.96. The third kappa shape index (κ3) is 2.68. The molecule has 2 rings (SSSR count). The minimum Gasteiger partial charge on any atom is -0.496 e. The van der Waals surface area contributed by atoms with E-state index in [2.05, 4.69) is 5.32 Å². The average Bonchev–Trinajstić information content (AvgIpc) is 2.89. The number of hydrogen-bond acceptors (Lipinski definition) is 3. The molecule has 0 saturated heterocycles. The molecule has 0 fully saturated rings. The Labute approximate surface area is 103 Å². The summed E-state index contributed by atoms with van der Waals surface area (Å²) in [5.41, 5.74) is 0.157. The molecule has 0 spiro atoms. The Morgan fingerprint density at radius 2 is 2.28 bits per heavy atom. The predicted molar refractivity (Wildman–Crippen MR) is 62.8 cm³/mol. The van der Waals surface area contributed by atoms with E-state index in [0.717, 1.165) is 6.07 Å². The molecule has 0 aliphatic rings. The second kappa shape index (κ2) is 5.35. The Balaban J connectivity index is 2.10. The van der Waals surface area contributed by atoms with Crippen LogP contribution in [0.4, 0.5) is 4.39 Å². The fraction of sp³-hybridized carbons (Fsp3) is 0.154. The normalized spacial score (nSPS) is 10.1. The zero-order valence-electron chi connectivity index (χ0n) is 9.77. The fourth-order valence-corrected chi connectivity index (χ4v) is 1.53. The van der Waals surface area contributed by atoms with Gasteiger partial charge in [-0.2, -0.15) is 0 Å². The molecule has 0 unspecified atom stereocenters. The van der Waals surface area contributed by atoms with Crippen molar-refractivity contribution in [1.29, 1.82) is 0 Å². The summed E-state index contributed by atoms with van der Waals surface area (Å²) in [7, 11) is 1.43. The number of benzene rings is 1. The molecule has 0 atom stereocenters. The van der Waals surface area contributed by atoms with Gasteiger partial charge in [0.15, 0.2) is 0 Å². The molecule has 5 heteroatoms. The number of methoxy groups -OCH3 is 1. The number of nitrogens with one attached hydrogen (secondary N) is 1. The zero-order valence-corrected chi connectivity index (χ0v) is 9.77. The van der Waals surface area contributed by atoms with Crippen LogP contribution in [0.5, 0.6) is 5.75 Å². The van der Waals surface area contributed by atoms with Gasteiger partial charge in [-0.05, 0) is 30.3 Å². The van der Waals surface area contributed by atoms with Crippen LogP contribution in [0.25, 0.3) is 0 Å². The van der Waals surface area contributed by atoms with Crippen LogP contribution < -0.4 is 10.1 Å². The largest absolute Gasteiger partial charge is 0.496 e. The minimum absolute atomic E-state index is 0.157. The first-order valence-electron chi connectivity index (χ1n) is 5.35. The van der Waals surface area contributed by atoms with Crippen LogP contribution in [0.2, 0.25) is 0 Å². The Bertz CT molecular complexity index is 537. The quantitative estimate of drug-likeness (QED) is 0.904. The maximum absolute atomic E-state index is 13.1. The van der Waals surface area contributed by atoms with E-state index >= 15 is 0 Å². The lowest BCUT2D eigenvalue weighted by Crippen LogP contribution is -2.23. The van der Waals surface area contributed by atoms with Crippen molar-refractivity contribution < 1.29 is 18.3 Å². The highest BCUT2D eigenvalue weighted by atomic mass is 19.1. The molecule has 0 radical (unpaired) electrons. The zero-order chi connectivity index (χ0) is 13.0. The SMILES string of the molecule is COc1ccc(F)cc1C(=O)NCc1ccco1. The van der Waals surface area contributed by atoms with E-state index < -0.39 is 11.7 Å². The molecular weight excluding hydrogens is 237 g/mol. The maximum Gasteiger partial charge on any atom is 0.255 e. The summed E-state index contributed by atoms with van der Waals surface area (Å²) in [4.78, 5) is 11.9. The van der Waals surface area contributed by atoms with Gasteiger partial charge in [0.25, 0.3) is 5.91 Å². The summed E-state index contributed by atoms with van der Waals surface area (Å²) in [5.74, 6) is 0.0498. The lowest BCUT2D eigenvalue weighted by atomic mass is 10.2. The Hall–Kier alpha value is -2.30. The van der Waals surface area contributed by atoms with E-state index in [1.54, 1.807) is 12.1 Å². The van der Waals surface area contributed by atoms with Crippen molar-refractivity contribution in [1.82, 2.24) is 5.32 Å². The molecule has 1 amide bonds. The maximum atomic E-state index is 13.1. The van der Waals surface area contributed by atoms with Crippen LogP contribution in [0.15, 0.2) is 41.0 Å². The number of furan rings is 1. The standard InChI is InChI=1S/C13H12FNO3/c1-17-12-5-4-9(14)7-11(12)13(16)15-8-10-3-2-6-18-10/h2-7H,8H2,1H3,(H,15,16). The van der Waals surface area contributed by atoms with Crippen molar-refractivity contribution in [2.75, 3.05) is 7.11 Å². The van der Waals surface area contributed by atoms with Gasteiger partial charge in [-0.1, -0.05) is 0 Å². The molecule has 1 N–H and O–H groups in total. The number of ether oxygens (including phenoxy) is 1. The molecule has 18 heavy (non-hydrogen) atoms. The number of halogens is 1. The van der Waals surface area contributed by atoms with Gasteiger partial charge in [0.2, 0.25) is 0 Å². The van der Waals surface area contributed by atoms with Crippen molar-refractivity contribution >= 4 is 5.91 Å². The molecule has 0 saturated carbocycles. The van der Waals surface area contributed by atoms with Gasteiger partial charge in [-0.3, -0.25) is 4.79 Å². The van der Waals surface area contributed by atoms with Crippen LogP contribution in [-0.2, 0) is 6.54 Å². The van der Waals surface area contributed by atoms with Crippen LogP contribution in [0.3, 0.4) is 0 Å². The minimum atomic E-state index is -0.487. The first-order chi connectivity index (χ1) is 8.70. The van der Waals surface area contributed by atoms with Gasteiger partial charge in [0.1, 0.15) is 17.3 Å². The van der Waals surface area contributed by atoms with Gasteiger partial charge in [0.05, 0.1) is 25.5 Å². The van der Waals surface area contributed by atoms with Gasteiger partial charge in [0, 0.05) is 0 Å². The molecule has 4 nitrogen and oxygen atoms in total. The third-order valence-corrected chi connectivity index (χ3v) is 2.41. The molecule has 0 aliphatic heterocycles. The van der Waals surface area contributed by atoms with Crippen LogP contribution in [0, 0.1) is 5.82 Å². The number of hydrogen-bond donors (Lipinski definition) is 1. The van der Waals surface area contributed by atoms with Crippen molar-refractivity contribution in [3.63, 3.8) is 0 Å². The van der Waals surface area contributed by atoms with Gasteiger partial charge in [-0.25, -0.2) is 4.39 Å². The molecule has 94 valence electrons. The summed E-state index contributed by atoms with van der Waals surface area (Å²) in [5, 5.41) is 2.62. The molecule has 1 heterocycles.